The lowest BCUT2D eigenvalue weighted by atomic mass is 10.0. The van der Waals surface area contributed by atoms with Crippen molar-refractivity contribution in [1.29, 1.82) is 0 Å². The summed E-state index contributed by atoms with van der Waals surface area (Å²) in [4.78, 5) is 13.6. The van der Waals surface area contributed by atoms with Crippen molar-refractivity contribution in [1.82, 2.24) is 0 Å². The molecule has 0 saturated heterocycles. The molecule has 0 aromatic heterocycles. The lowest BCUT2D eigenvalue weighted by Crippen LogP contribution is -2.14. The number of carbonyl (C=O) groups excluding carboxylic acids is 1. The van der Waals surface area contributed by atoms with Crippen molar-refractivity contribution in [3.05, 3.63) is 0 Å². The molecule has 0 heterocycles. The summed E-state index contributed by atoms with van der Waals surface area (Å²) in [6, 6.07) is 1.30. The SMILES string of the molecule is C[Si](C)(Cl)CCCCCCCCCCCCCCCCCCCCCCCCCCCCCCCCCCCCCCCN=C=O. The summed E-state index contributed by atoms with van der Waals surface area (Å²) >= 11 is 6.40. The van der Waals surface area contributed by atoms with Gasteiger partial charge in [0.05, 0.1) is 6.54 Å². The van der Waals surface area contributed by atoms with Gasteiger partial charge in [-0.1, -0.05) is 244 Å². The van der Waals surface area contributed by atoms with Crippen LogP contribution in [0.4, 0.5) is 0 Å². The third kappa shape index (κ3) is 43.9. The van der Waals surface area contributed by atoms with Gasteiger partial charge in [0.25, 0.3) is 0 Å². The average Bonchev–Trinajstić information content (AvgIpc) is 3.03. The predicted molar refractivity (Wildman–Crippen MR) is 212 cm³/mol. The molecule has 0 saturated carbocycles. The standard InChI is InChI=1S/C42H84ClNOSi/c1-46(2,43)41-39-37-35-33-31-29-27-25-23-21-19-17-15-13-11-9-7-5-3-4-6-8-10-12-14-16-18-20-22-24-26-28-30-32-34-36-38-40-44-42-45/h3-41H2,1-2H3. The maximum absolute atomic E-state index is 10.0. The first kappa shape index (κ1) is 45.9. The Balaban J connectivity index is 3.06. The van der Waals surface area contributed by atoms with E-state index in [0.717, 1.165) is 6.42 Å². The minimum atomic E-state index is -1.32. The Morgan fingerprint density at radius 2 is 0.522 bits per heavy atom. The largest absolute Gasteiger partial charge is 0.234 e. The fourth-order valence-electron chi connectivity index (χ4n) is 6.97. The van der Waals surface area contributed by atoms with E-state index < -0.39 is 7.38 Å². The highest BCUT2D eigenvalue weighted by Gasteiger charge is 2.15. The summed E-state index contributed by atoms with van der Waals surface area (Å²) in [7, 11) is -1.32. The smallest absolute Gasteiger partial charge is 0.211 e. The molecular weight excluding hydrogens is 598 g/mol. The zero-order valence-corrected chi connectivity index (χ0v) is 33.6. The Bertz CT molecular complexity index is 615. The fraction of sp³-hybridized carbons (Fsp3) is 0.976. The van der Waals surface area contributed by atoms with Crippen LogP contribution < -0.4 is 0 Å². The first-order chi connectivity index (χ1) is 22.6. The maximum Gasteiger partial charge on any atom is 0.234 e. The lowest BCUT2D eigenvalue weighted by Gasteiger charge is -2.11. The lowest BCUT2D eigenvalue weighted by molar-refractivity contribution is 0.510. The highest BCUT2D eigenvalue weighted by molar-refractivity contribution is 7.19. The van der Waals surface area contributed by atoms with Gasteiger partial charge in [0.2, 0.25) is 6.08 Å². The van der Waals surface area contributed by atoms with Crippen molar-refractivity contribution in [2.75, 3.05) is 6.54 Å². The van der Waals surface area contributed by atoms with Gasteiger partial charge in [-0.25, -0.2) is 9.79 Å². The normalized spacial score (nSPS) is 11.7. The van der Waals surface area contributed by atoms with Crippen molar-refractivity contribution < 1.29 is 4.79 Å². The van der Waals surface area contributed by atoms with E-state index >= 15 is 0 Å². The van der Waals surface area contributed by atoms with Crippen LogP contribution in [0.5, 0.6) is 0 Å². The van der Waals surface area contributed by atoms with Crippen molar-refractivity contribution >= 4 is 24.5 Å². The molecule has 0 aromatic rings. The third-order valence-corrected chi connectivity index (χ3v) is 12.2. The average molecular weight is 683 g/mol. The van der Waals surface area contributed by atoms with E-state index in [1.54, 1.807) is 6.08 Å². The quantitative estimate of drug-likeness (QED) is 0.0208. The molecule has 0 radical (unpaired) electrons. The summed E-state index contributed by atoms with van der Waals surface area (Å²) in [5.74, 6) is 0. The first-order valence-corrected chi connectivity index (χ1v) is 25.5. The van der Waals surface area contributed by atoms with Gasteiger partial charge in [0.1, 0.15) is 7.38 Å². The fourth-order valence-corrected chi connectivity index (χ4v) is 8.46. The molecule has 0 atom stereocenters. The van der Waals surface area contributed by atoms with E-state index in [1.807, 2.05) is 0 Å². The van der Waals surface area contributed by atoms with Gasteiger partial charge in [-0.3, -0.25) is 0 Å². The molecule has 0 aromatic carbocycles. The Hall–Kier alpha value is -0.113. The van der Waals surface area contributed by atoms with Crippen molar-refractivity contribution in [2.45, 2.75) is 257 Å². The van der Waals surface area contributed by atoms with Gasteiger partial charge in [-0.15, -0.1) is 0 Å². The number of halogens is 1. The monoisotopic (exact) mass is 682 g/mol. The number of unbranched alkanes of at least 4 members (excludes halogenated alkanes) is 36. The molecular formula is C42H84ClNOSi. The van der Waals surface area contributed by atoms with Crippen molar-refractivity contribution in [3.63, 3.8) is 0 Å². The Morgan fingerprint density at radius 1 is 0.348 bits per heavy atom. The number of hydrogen-bond donors (Lipinski definition) is 0. The molecule has 0 aliphatic carbocycles. The summed E-state index contributed by atoms with van der Waals surface area (Å²) in [5.41, 5.74) is 0. The number of hydrogen-bond acceptors (Lipinski definition) is 2. The molecule has 0 aliphatic rings. The number of rotatable bonds is 40. The highest BCUT2D eigenvalue weighted by atomic mass is 35.6. The van der Waals surface area contributed by atoms with E-state index in [4.69, 9.17) is 11.1 Å². The summed E-state index contributed by atoms with van der Waals surface area (Å²) in [6.45, 7) is 5.22. The van der Waals surface area contributed by atoms with Crippen molar-refractivity contribution in [2.24, 2.45) is 4.99 Å². The predicted octanol–water partition coefficient (Wildman–Crippen LogP) is 16.2. The summed E-state index contributed by atoms with van der Waals surface area (Å²) in [5, 5.41) is 0. The van der Waals surface area contributed by atoms with Gasteiger partial charge in [0.15, 0.2) is 0 Å². The minimum absolute atomic E-state index is 0.668. The zero-order valence-electron chi connectivity index (χ0n) is 31.8. The topological polar surface area (TPSA) is 29.4 Å². The van der Waals surface area contributed by atoms with Gasteiger partial charge >= 0.3 is 0 Å². The maximum atomic E-state index is 10.0. The van der Waals surface area contributed by atoms with Gasteiger partial charge in [0, 0.05) is 0 Å². The second-order valence-electron chi connectivity index (χ2n) is 15.5. The van der Waals surface area contributed by atoms with Crippen LogP contribution in [-0.2, 0) is 4.79 Å². The molecule has 0 bridgehead atoms. The van der Waals surface area contributed by atoms with Crippen LogP contribution in [0.25, 0.3) is 0 Å². The van der Waals surface area contributed by atoms with E-state index in [1.165, 1.54) is 237 Å². The van der Waals surface area contributed by atoms with E-state index in [0.29, 0.717) is 6.54 Å². The van der Waals surface area contributed by atoms with Crippen LogP contribution in [0.3, 0.4) is 0 Å². The Morgan fingerprint density at radius 3 is 0.696 bits per heavy atom. The zero-order chi connectivity index (χ0) is 33.5. The third-order valence-electron chi connectivity index (χ3n) is 10.1. The van der Waals surface area contributed by atoms with Crippen LogP contribution in [0.2, 0.25) is 19.1 Å². The van der Waals surface area contributed by atoms with E-state index in [9.17, 15) is 4.79 Å². The van der Waals surface area contributed by atoms with Crippen LogP contribution in [-0.4, -0.2) is 20.0 Å². The Labute approximate surface area is 296 Å². The molecule has 4 heteroatoms. The second kappa shape index (κ2) is 39.3. The number of isocyanates is 1. The van der Waals surface area contributed by atoms with Crippen molar-refractivity contribution in [3.8, 4) is 0 Å². The molecule has 0 rings (SSSR count). The first-order valence-electron chi connectivity index (χ1n) is 21.3. The van der Waals surface area contributed by atoms with Gasteiger partial charge < -0.3 is 0 Å². The summed E-state index contributed by atoms with van der Waals surface area (Å²) < 4.78 is 0. The molecule has 274 valence electrons. The Kier molecular flexibility index (Phi) is 39.2. The van der Waals surface area contributed by atoms with Gasteiger partial charge in [-0.05, 0) is 12.5 Å². The van der Waals surface area contributed by atoms with Crippen LogP contribution in [0.1, 0.15) is 238 Å². The van der Waals surface area contributed by atoms with Crippen LogP contribution in [0.15, 0.2) is 4.99 Å². The van der Waals surface area contributed by atoms with E-state index in [-0.39, 0.29) is 0 Å². The molecule has 0 N–H and O–H groups in total. The second-order valence-corrected chi connectivity index (χ2v) is 22.5. The number of nitrogens with zero attached hydrogens (tertiary/aromatic N) is 1. The van der Waals surface area contributed by atoms with Crippen LogP contribution in [0, 0.1) is 0 Å². The molecule has 0 unspecified atom stereocenters. The highest BCUT2D eigenvalue weighted by Crippen LogP contribution is 2.20. The molecule has 0 fully saturated rings. The van der Waals surface area contributed by atoms with Crippen LogP contribution >= 0.6 is 11.1 Å². The minimum Gasteiger partial charge on any atom is -0.211 e. The van der Waals surface area contributed by atoms with Gasteiger partial charge in [-0.2, -0.15) is 11.1 Å². The van der Waals surface area contributed by atoms with E-state index in [2.05, 4.69) is 18.1 Å². The molecule has 2 nitrogen and oxygen atoms in total. The summed E-state index contributed by atoms with van der Waals surface area (Å²) in [6.07, 6.45) is 54.6. The molecule has 0 amide bonds. The molecule has 0 aliphatic heterocycles. The molecule has 46 heavy (non-hydrogen) atoms. The molecule has 0 spiro atoms. The number of aliphatic imine (C=N–C) groups is 1.